The number of carboxylic acids is 1. The third-order valence-electron chi connectivity index (χ3n) is 4.65. The highest BCUT2D eigenvalue weighted by Crippen LogP contribution is 2.10. The van der Waals surface area contributed by atoms with Crippen LogP contribution < -0.4 is 16.4 Å². The van der Waals surface area contributed by atoms with Gasteiger partial charge in [0.15, 0.2) is 0 Å². The summed E-state index contributed by atoms with van der Waals surface area (Å²) < 4.78 is 0. The van der Waals surface area contributed by atoms with Crippen molar-refractivity contribution in [3.05, 3.63) is 35.9 Å². The second-order valence-electron chi connectivity index (χ2n) is 8.52. The quantitative estimate of drug-likeness (QED) is 0.342. The van der Waals surface area contributed by atoms with E-state index in [0.717, 1.165) is 5.56 Å². The molecule has 0 fully saturated rings. The van der Waals surface area contributed by atoms with Crippen LogP contribution in [0.2, 0.25) is 0 Å². The van der Waals surface area contributed by atoms with E-state index in [1.54, 1.807) is 0 Å². The number of hydrogen-bond acceptors (Lipinski definition) is 5. The molecule has 1 aromatic rings. The number of aliphatic hydroxyl groups excluding tert-OH is 1. The zero-order valence-electron chi connectivity index (χ0n) is 18.2. The number of amides is 2. The standard InChI is InChI=1S/C22H35N3O5/c1-13(2)10-17(20(27)25-18(22(29)30)11-14(3)4)24-21(28)19(26)16(23)12-15-8-6-5-7-9-15/h5-9,13-14,16-19,26H,10-12,23H2,1-4H3,(H,24,28)(H,25,27)(H,29,30)/t16?,17-,18+,19?/m0/s1. The average molecular weight is 422 g/mol. The molecule has 0 spiro atoms. The molecule has 2 unspecified atom stereocenters. The topological polar surface area (TPSA) is 142 Å². The van der Waals surface area contributed by atoms with Gasteiger partial charge in [0.1, 0.15) is 18.2 Å². The van der Waals surface area contributed by atoms with Gasteiger partial charge in [-0.1, -0.05) is 58.0 Å². The van der Waals surface area contributed by atoms with Crippen molar-refractivity contribution in [2.75, 3.05) is 0 Å². The highest BCUT2D eigenvalue weighted by Gasteiger charge is 2.31. The van der Waals surface area contributed by atoms with E-state index < -0.39 is 42.0 Å². The van der Waals surface area contributed by atoms with Crippen LogP contribution in [0.15, 0.2) is 30.3 Å². The Morgan fingerprint density at radius 2 is 1.40 bits per heavy atom. The molecule has 4 atom stereocenters. The van der Waals surface area contributed by atoms with Crippen LogP contribution in [-0.2, 0) is 20.8 Å². The van der Waals surface area contributed by atoms with Gasteiger partial charge >= 0.3 is 5.97 Å². The number of aliphatic hydroxyl groups is 1. The second kappa shape index (κ2) is 12.3. The molecule has 0 saturated carbocycles. The van der Waals surface area contributed by atoms with Crippen LogP contribution in [-0.4, -0.2) is 52.2 Å². The number of carboxylic acid groups (broad SMARTS) is 1. The molecule has 8 nitrogen and oxygen atoms in total. The van der Waals surface area contributed by atoms with E-state index in [9.17, 15) is 24.6 Å². The fourth-order valence-corrected chi connectivity index (χ4v) is 3.12. The van der Waals surface area contributed by atoms with Gasteiger partial charge < -0.3 is 26.6 Å². The van der Waals surface area contributed by atoms with Crippen LogP contribution in [0.1, 0.15) is 46.1 Å². The molecule has 1 aromatic carbocycles. The van der Waals surface area contributed by atoms with Gasteiger partial charge in [-0.25, -0.2) is 4.79 Å². The number of carbonyl (C=O) groups is 3. The SMILES string of the molecule is CC(C)C[C@H](NC(=O)C(O)C(N)Cc1ccccc1)C(=O)N[C@H](CC(C)C)C(=O)O. The number of hydrogen-bond donors (Lipinski definition) is 5. The van der Waals surface area contributed by atoms with Gasteiger partial charge in [0.2, 0.25) is 5.91 Å². The molecule has 0 aliphatic heterocycles. The zero-order valence-corrected chi connectivity index (χ0v) is 18.2. The molecular formula is C22H35N3O5. The normalized spacial score (nSPS) is 15.3. The maximum atomic E-state index is 12.7. The summed E-state index contributed by atoms with van der Waals surface area (Å²) >= 11 is 0. The number of aliphatic carboxylic acids is 1. The molecule has 2 amide bonds. The van der Waals surface area contributed by atoms with E-state index in [1.165, 1.54) is 0 Å². The molecule has 0 bridgehead atoms. The Balaban J connectivity index is 2.80. The monoisotopic (exact) mass is 421 g/mol. The van der Waals surface area contributed by atoms with Crippen LogP contribution in [0.4, 0.5) is 0 Å². The van der Waals surface area contributed by atoms with E-state index in [1.807, 2.05) is 58.0 Å². The first kappa shape index (κ1) is 25.6. The Hall–Kier alpha value is -2.45. The van der Waals surface area contributed by atoms with Crippen LogP contribution in [0.5, 0.6) is 0 Å². The van der Waals surface area contributed by atoms with Gasteiger partial charge in [-0.15, -0.1) is 0 Å². The van der Waals surface area contributed by atoms with Gasteiger partial charge in [-0.3, -0.25) is 9.59 Å². The Labute approximate surface area is 178 Å². The van der Waals surface area contributed by atoms with E-state index in [4.69, 9.17) is 5.73 Å². The molecule has 0 saturated heterocycles. The Morgan fingerprint density at radius 3 is 1.90 bits per heavy atom. The summed E-state index contributed by atoms with van der Waals surface area (Å²) in [6.07, 6.45) is -0.634. The third-order valence-corrected chi connectivity index (χ3v) is 4.65. The lowest BCUT2D eigenvalue weighted by Gasteiger charge is -2.25. The van der Waals surface area contributed by atoms with Crippen molar-refractivity contribution < 1.29 is 24.6 Å². The molecule has 0 radical (unpaired) electrons. The molecule has 8 heteroatoms. The van der Waals surface area contributed by atoms with Crippen molar-refractivity contribution in [3.63, 3.8) is 0 Å². The summed E-state index contributed by atoms with van der Waals surface area (Å²) in [7, 11) is 0. The fraction of sp³-hybridized carbons (Fsp3) is 0.591. The van der Waals surface area contributed by atoms with Gasteiger partial charge in [-0.2, -0.15) is 0 Å². The third kappa shape index (κ3) is 8.92. The number of nitrogens with one attached hydrogen (secondary N) is 2. The largest absolute Gasteiger partial charge is 0.480 e. The minimum Gasteiger partial charge on any atom is -0.480 e. The van der Waals surface area contributed by atoms with E-state index in [0.29, 0.717) is 12.8 Å². The first-order valence-electron chi connectivity index (χ1n) is 10.3. The van der Waals surface area contributed by atoms with Crippen molar-refractivity contribution >= 4 is 17.8 Å². The molecular weight excluding hydrogens is 386 g/mol. The Kier molecular flexibility index (Phi) is 10.5. The number of nitrogens with two attached hydrogens (primary N) is 1. The first-order chi connectivity index (χ1) is 14.0. The van der Waals surface area contributed by atoms with Crippen LogP contribution in [0.3, 0.4) is 0 Å². The highest BCUT2D eigenvalue weighted by molar-refractivity contribution is 5.91. The van der Waals surface area contributed by atoms with Gasteiger partial charge in [-0.05, 0) is 36.7 Å². The smallest absolute Gasteiger partial charge is 0.326 e. The number of benzene rings is 1. The van der Waals surface area contributed by atoms with Crippen LogP contribution in [0, 0.1) is 11.8 Å². The Bertz CT molecular complexity index is 693. The van der Waals surface area contributed by atoms with E-state index in [-0.39, 0.29) is 18.3 Å². The minimum absolute atomic E-state index is 0.0598. The van der Waals surface area contributed by atoms with Gasteiger partial charge in [0.25, 0.3) is 5.91 Å². The maximum absolute atomic E-state index is 12.7. The lowest BCUT2D eigenvalue weighted by atomic mass is 9.99. The molecule has 30 heavy (non-hydrogen) atoms. The summed E-state index contributed by atoms with van der Waals surface area (Å²) in [6, 6.07) is 6.38. The minimum atomic E-state index is -1.50. The van der Waals surface area contributed by atoms with Crippen LogP contribution in [0.25, 0.3) is 0 Å². The second-order valence-corrected chi connectivity index (χ2v) is 8.52. The van der Waals surface area contributed by atoms with E-state index in [2.05, 4.69) is 10.6 Å². The highest BCUT2D eigenvalue weighted by atomic mass is 16.4. The molecule has 0 aromatic heterocycles. The Morgan fingerprint density at radius 1 is 0.900 bits per heavy atom. The predicted molar refractivity (Wildman–Crippen MR) is 115 cm³/mol. The lowest BCUT2D eigenvalue weighted by molar-refractivity contribution is -0.143. The molecule has 1 rings (SSSR count). The number of carbonyl (C=O) groups excluding carboxylic acids is 2. The van der Waals surface area contributed by atoms with Gasteiger partial charge in [0.05, 0.1) is 0 Å². The lowest BCUT2D eigenvalue weighted by Crippen LogP contribution is -2.56. The van der Waals surface area contributed by atoms with Crippen molar-refractivity contribution in [2.45, 2.75) is 71.2 Å². The molecule has 0 aliphatic carbocycles. The molecule has 168 valence electrons. The number of rotatable bonds is 12. The predicted octanol–water partition coefficient (Wildman–Crippen LogP) is 1.06. The van der Waals surface area contributed by atoms with Crippen molar-refractivity contribution in [3.8, 4) is 0 Å². The summed E-state index contributed by atoms with van der Waals surface area (Å²) in [5.74, 6) is -2.34. The molecule has 6 N–H and O–H groups in total. The first-order valence-corrected chi connectivity index (χ1v) is 10.3. The van der Waals surface area contributed by atoms with Gasteiger partial charge in [0, 0.05) is 6.04 Å². The summed E-state index contributed by atoms with van der Waals surface area (Å²) in [6.45, 7) is 7.49. The fourth-order valence-electron chi connectivity index (χ4n) is 3.12. The molecule has 0 aliphatic rings. The summed E-state index contributed by atoms with van der Waals surface area (Å²) in [4.78, 5) is 36.7. The zero-order chi connectivity index (χ0) is 22.8. The maximum Gasteiger partial charge on any atom is 0.326 e. The average Bonchev–Trinajstić information content (AvgIpc) is 2.66. The molecule has 0 heterocycles. The van der Waals surface area contributed by atoms with Crippen molar-refractivity contribution in [1.29, 1.82) is 0 Å². The van der Waals surface area contributed by atoms with E-state index >= 15 is 0 Å². The summed E-state index contributed by atoms with van der Waals surface area (Å²) in [5.41, 5.74) is 6.87. The van der Waals surface area contributed by atoms with Crippen LogP contribution >= 0.6 is 0 Å². The van der Waals surface area contributed by atoms with Crippen molar-refractivity contribution in [2.24, 2.45) is 17.6 Å². The summed E-state index contributed by atoms with van der Waals surface area (Å²) in [5, 5.41) is 24.7. The van der Waals surface area contributed by atoms with Crippen molar-refractivity contribution in [1.82, 2.24) is 10.6 Å².